The molecule has 1 aromatic rings. The average Bonchev–Trinajstić information content (AvgIpc) is 2.72. The molecule has 1 heterocycles. The molecule has 0 aromatic heterocycles. The van der Waals surface area contributed by atoms with Crippen LogP contribution in [0.2, 0.25) is 10.0 Å². The minimum absolute atomic E-state index is 0.201. The lowest BCUT2D eigenvalue weighted by Crippen LogP contribution is -2.35. The van der Waals surface area contributed by atoms with Gasteiger partial charge in [0.2, 0.25) is 0 Å². The molecule has 0 bridgehead atoms. The van der Waals surface area contributed by atoms with Gasteiger partial charge in [-0.1, -0.05) is 23.2 Å². The first-order chi connectivity index (χ1) is 8.63. The summed E-state index contributed by atoms with van der Waals surface area (Å²) in [4.78, 5) is 11.8. The van der Waals surface area contributed by atoms with E-state index in [0.29, 0.717) is 33.6 Å². The maximum atomic E-state index is 11.8. The fraction of sp³-hybridized carbons (Fsp3) is 0.417. The van der Waals surface area contributed by atoms with Gasteiger partial charge in [-0.25, -0.2) is 4.79 Å². The van der Waals surface area contributed by atoms with Gasteiger partial charge in [-0.15, -0.1) is 0 Å². The van der Waals surface area contributed by atoms with Crippen LogP contribution in [0.5, 0.6) is 0 Å². The van der Waals surface area contributed by atoms with E-state index in [9.17, 15) is 4.79 Å². The highest BCUT2D eigenvalue weighted by atomic mass is 35.5. The van der Waals surface area contributed by atoms with Gasteiger partial charge in [0.15, 0.2) is 0 Å². The number of rotatable bonds is 2. The van der Waals surface area contributed by atoms with E-state index in [-0.39, 0.29) is 6.03 Å². The largest absolute Gasteiger partial charge is 0.334 e. The van der Waals surface area contributed by atoms with Crippen molar-refractivity contribution in [3.8, 4) is 0 Å². The van der Waals surface area contributed by atoms with Crippen LogP contribution in [0.15, 0.2) is 18.2 Å². The first-order valence-corrected chi connectivity index (χ1v) is 6.63. The molecule has 1 saturated carbocycles. The van der Waals surface area contributed by atoms with Crippen molar-refractivity contribution in [2.75, 3.05) is 18.4 Å². The zero-order valence-electron chi connectivity index (χ0n) is 9.54. The SMILES string of the molecule is O=C(Nc1cc(Cl)cc(Cl)c1)NC1C2CNCC21. The molecule has 3 N–H and O–H groups in total. The van der Waals surface area contributed by atoms with E-state index in [1.807, 2.05) is 0 Å². The Morgan fingerprint density at radius 1 is 1.17 bits per heavy atom. The maximum absolute atomic E-state index is 11.8. The third-order valence-electron chi connectivity index (χ3n) is 3.51. The van der Waals surface area contributed by atoms with Crippen LogP contribution in [-0.4, -0.2) is 25.2 Å². The molecule has 2 amide bonds. The summed E-state index contributed by atoms with van der Waals surface area (Å²) in [6.07, 6.45) is 0. The molecule has 4 nitrogen and oxygen atoms in total. The Morgan fingerprint density at radius 3 is 2.39 bits per heavy atom. The summed E-state index contributed by atoms with van der Waals surface area (Å²) in [5, 5.41) is 10.0. The number of urea groups is 1. The molecule has 96 valence electrons. The zero-order chi connectivity index (χ0) is 12.7. The van der Waals surface area contributed by atoms with Gasteiger partial charge in [-0.05, 0) is 30.0 Å². The van der Waals surface area contributed by atoms with Crippen molar-refractivity contribution >= 4 is 34.9 Å². The number of piperidine rings is 1. The van der Waals surface area contributed by atoms with Crippen molar-refractivity contribution < 1.29 is 4.79 Å². The molecule has 6 heteroatoms. The minimum Gasteiger partial charge on any atom is -0.334 e. The first-order valence-electron chi connectivity index (χ1n) is 5.88. The number of amides is 2. The number of fused-ring (bicyclic) bond motifs is 1. The molecule has 0 spiro atoms. The predicted octanol–water partition coefficient (Wildman–Crippen LogP) is 2.33. The van der Waals surface area contributed by atoms with E-state index in [2.05, 4.69) is 16.0 Å². The summed E-state index contributed by atoms with van der Waals surface area (Å²) < 4.78 is 0. The van der Waals surface area contributed by atoms with Crippen molar-refractivity contribution in [2.45, 2.75) is 6.04 Å². The van der Waals surface area contributed by atoms with Crippen molar-refractivity contribution in [3.63, 3.8) is 0 Å². The molecule has 1 aliphatic heterocycles. The number of halogens is 2. The summed E-state index contributed by atoms with van der Waals surface area (Å²) in [7, 11) is 0. The second-order valence-electron chi connectivity index (χ2n) is 4.77. The Balaban J connectivity index is 1.57. The number of benzene rings is 1. The molecular formula is C12H13Cl2N3O. The molecule has 3 rings (SSSR count). The quantitative estimate of drug-likeness (QED) is 0.781. The molecule has 1 saturated heterocycles. The molecule has 1 aliphatic carbocycles. The van der Waals surface area contributed by atoms with E-state index in [4.69, 9.17) is 23.2 Å². The van der Waals surface area contributed by atoms with Crippen LogP contribution in [-0.2, 0) is 0 Å². The van der Waals surface area contributed by atoms with Crippen molar-refractivity contribution in [2.24, 2.45) is 11.8 Å². The van der Waals surface area contributed by atoms with Crippen LogP contribution in [0, 0.1) is 11.8 Å². The molecule has 2 unspecified atom stereocenters. The van der Waals surface area contributed by atoms with Gasteiger partial charge in [0, 0.05) is 34.9 Å². The van der Waals surface area contributed by atoms with Crippen LogP contribution in [0.25, 0.3) is 0 Å². The highest BCUT2D eigenvalue weighted by Gasteiger charge is 2.53. The lowest BCUT2D eigenvalue weighted by Gasteiger charge is -2.10. The molecule has 2 aliphatic rings. The highest BCUT2D eigenvalue weighted by molar-refractivity contribution is 6.35. The van der Waals surface area contributed by atoms with Crippen molar-refractivity contribution in [3.05, 3.63) is 28.2 Å². The number of nitrogens with one attached hydrogen (secondary N) is 3. The normalized spacial score (nSPS) is 28.7. The summed E-state index contributed by atoms with van der Waals surface area (Å²) in [5.74, 6) is 1.19. The van der Waals surface area contributed by atoms with E-state index >= 15 is 0 Å². The summed E-state index contributed by atoms with van der Waals surface area (Å²) in [6.45, 7) is 2.00. The van der Waals surface area contributed by atoms with Gasteiger partial charge < -0.3 is 16.0 Å². The molecule has 0 radical (unpaired) electrons. The third kappa shape index (κ3) is 2.41. The highest BCUT2D eigenvalue weighted by Crippen LogP contribution is 2.41. The summed E-state index contributed by atoms with van der Waals surface area (Å²) >= 11 is 11.7. The monoisotopic (exact) mass is 285 g/mol. The first kappa shape index (κ1) is 12.1. The maximum Gasteiger partial charge on any atom is 0.319 e. The van der Waals surface area contributed by atoms with Crippen LogP contribution < -0.4 is 16.0 Å². The second-order valence-corrected chi connectivity index (χ2v) is 5.64. The van der Waals surface area contributed by atoms with Crippen LogP contribution in [0.3, 0.4) is 0 Å². The van der Waals surface area contributed by atoms with Crippen LogP contribution >= 0.6 is 23.2 Å². The van der Waals surface area contributed by atoms with Crippen molar-refractivity contribution in [1.82, 2.24) is 10.6 Å². The molecule has 2 atom stereocenters. The lowest BCUT2D eigenvalue weighted by atomic mass is 10.3. The van der Waals surface area contributed by atoms with E-state index in [0.717, 1.165) is 13.1 Å². The molecule has 2 fully saturated rings. The Kier molecular flexibility index (Phi) is 3.09. The third-order valence-corrected chi connectivity index (χ3v) is 3.95. The van der Waals surface area contributed by atoms with Crippen LogP contribution in [0.4, 0.5) is 10.5 Å². The Bertz CT molecular complexity index is 464. The van der Waals surface area contributed by atoms with Gasteiger partial charge in [-0.3, -0.25) is 0 Å². The topological polar surface area (TPSA) is 53.2 Å². The zero-order valence-corrected chi connectivity index (χ0v) is 11.1. The Hall–Kier alpha value is -0.970. The van der Waals surface area contributed by atoms with Gasteiger partial charge in [-0.2, -0.15) is 0 Å². The van der Waals surface area contributed by atoms with Gasteiger partial charge in [0.05, 0.1) is 0 Å². The fourth-order valence-corrected chi connectivity index (χ4v) is 3.10. The Labute approximate surface area is 115 Å². The number of anilines is 1. The standard InChI is InChI=1S/C12H13Cl2N3O/c13-6-1-7(14)3-8(2-6)16-12(18)17-11-9-4-15-5-10(9)11/h1-3,9-11,15H,4-5H2,(H2,16,17,18). The number of carbonyl (C=O) groups is 1. The summed E-state index contributed by atoms with van der Waals surface area (Å²) in [6, 6.07) is 5.07. The summed E-state index contributed by atoms with van der Waals surface area (Å²) in [5.41, 5.74) is 0.605. The lowest BCUT2D eigenvalue weighted by molar-refractivity contribution is 0.250. The van der Waals surface area contributed by atoms with E-state index in [1.54, 1.807) is 18.2 Å². The van der Waals surface area contributed by atoms with Gasteiger partial charge in [0.1, 0.15) is 0 Å². The predicted molar refractivity (Wildman–Crippen MR) is 72.3 cm³/mol. The second kappa shape index (κ2) is 4.61. The Morgan fingerprint density at radius 2 is 1.78 bits per heavy atom. The average molecular weight is 286 g/mol. The van der Waals surface area contributed by atoms with E-state index < -0.39 is 0 Å². The molecular weight excluding hydrogens is 273 g/mol. The van der Waals surface area contributed by atoms with Crippen LogP contribution in [0.1, 0.15) is 0 Å². The molecule has 1 aromatic carbocycles. The number of carbonyl (C=O) groups excluding carboxylic acids is 1. The number of hydrogen-bond acceptors (Lipinski definition) is 2. The number of hydrogen-bond donors (Lipinski definition) is 3. The van der Waals surface area contributed by atoms with E-state index in [1.165, 1.54) is 0 Å². The van der Waals surface area contributed by atoms with Gasteiger partial charge in [0.25, 0.3) is 0 Å². The minimum atomic E-state index is -0.201. The van der Waals surface area contributed by atoms with Gasteiger partial charge >= 0.3 is 6.03 Å². The smallest absolute Gasteiger partial charge is 0.319 e. The fourth-order valence-electron chi connectivity index (χ4n) is 2.58. The molecule has 18 heavy (non-hydrogen) atoms. The van der Waals surface area contributed by atoms with Crippen molar-refractivity contribution in [1.29, 1.82) is 0 Å².